The lowest BCUT2D eigenvalue weighted by Crippen LogP contribution is -2.04. The monoisotopic (exact) mass is 235 g/mol. The quantitative estimate of drug-likeness (QED) is 0.629. The van der Waals surface area contributed by atoms with Gasteiger partial charge in [0.05, 0.1) is 13.7 Å². The van der Waals surface area contributed by atoms with E-state index in [4.69, 9.17) is 9.47 Å². The molecule has 0 radical (unpaired) electrons. The van der Waals surface area contributed by atoms with Gasteiger partial charge in [-0.3, -0.25) is 0 Å². The van der Waals surface area contributed by atoms with E-state index in [-0.39, 0.29) is 5.97 Å². The van der Waals surface area contributed by atoms with Gasteiger partial charge in [0, 0.05) is 23.5 Å². The molecule has 0 bridgehead atoms. The fourth-order valence-corrected chi connectivity index (χ4v) is 1.33. The third kappa shape index (κ3) is 4.59. The van der Waals surface area contributed by atoms with Crippen LogP contribution in [-0.4, -0.2) is 19.7 Å². The van der Waals surface area contributed by atoms with Crippen molar-refractivity contribution in [2.45, 2.75) is 13.8 Å². The molecule has 0 atom stereocenters. The van der Waals surface area contributed by atoms with E-state index in [9.17, 15) is 4.79 Å². The van der Waals surface area contributed by atoms with Crippen LogP contribution in [0.4, 0.5) is 5.69 Å². The number of carbonyl (C=O) groups is 1. The number of carbonyl (C=O) groups excluding carboxylic acids is 1. The number of methoxy groups -OCH3 is 1. The van der Waals surface area contributed by atoms with Crippen molar-refractivity contribution in [1.29, 1.82) is 0 Å². The van der Waals surface area contributed by atoms with Crippen molar-refractivity contribution in [3.8, 4) is 5.75 Å². The average Bonchev–Trinajstić information content (AvgIpc) is 2.29. The largest absolute Gasteiger partial charge is 0.497 e. The summed E-state index contributed by atoms with van der Waals surface area (Å²) in [5, 5.41) is 3.09. The van der Waals surface area contributed by atoms with Gasteiger partial charge in [-0.15, -0.1) is 0 Å². The van der Waals surface area contributed by atoms with E-state index in [1.165, 1.54) is 6.08 Å². The highest BCUT2D eigenvalue weighted by atomic mass is 16.5. The second kappa shape index (κ2) is 6.58. The van der Waals surface area contributed by atoms with Gasteiger partial charge in [0.2, 0.25) is 0 Å². The first-order valence-corrected chi connectivity index (χ1v) is 5.42. The molecule has 0 spiro atoms. The van der Waals surface area contributed by atoms with Gasteiger partial charge in [-0.05, 0) is 26.0 Å². The van der Waals surface area contributed by atoms with Gasteiger partial charge in [-0.1, -0.05) is 6.07 Å². The molecule has 0 amide bonds. The number of hydrogen-bond donors (Lipinski definition) is 1. The minimum atomic E-state index is -0.347. The minimum absolute atomic E-state index is 0.347. The fraction of sp³-hybridized carbons (Fsp3) is 0.308. The Bertz CT molecular complexity index is 413. The van der Waals surface area contributed by atoms with Crippen LogP contribution in [0.25, 0.3) is 0 Å². The molecule has 92 valence electrons. The molecule has 0 saturated carbocycles. The molecule has 1 aromatic carbocycles. The highest BCUT2D eigenvalue weighted by Crippen LogP contribution is 2.17. The van der Waals surface area contributed by atoms with Crippen molar-refractivity contribution < 1.29 is 14.3 Å². The topological polar surface area (TPSA) is 47.6 Å². The molecule has 0 aliphatic heterocycles. The van der Waals surface area contributed by atoms with Crippen LogP contribution in [0.2, 0.25) is 0 Å². The van der Waals surface area contributed by atoms with Gasteiger partial charge in [0.25, 0.3) is 0 Å². The highest BCUT2D eigenvalue weighted by molar-refractivity contribution is 5.83. The summed E-state index contributed by atoms with van der Waals surface area (Å²) < 4.78 is 9.92. The number of benzene rings is 1. The van der Waals surface area contributed by atoms with Crippen LogP contribution < -0.4 is 10.1 Å². The molecule has 0 saturated heterocycles. The van der Waals surface area contributed by atoms with Crippen molar-refractivity contribution >= 4 is 11.7 Å². The Morgan fingerprint density at radius 3 is 2.88 bits per heavy atom. The van der Waals surface area contributed by atoms with Crippen molar-refractivity contribution in [1.82, 2.24) is 0 Å². The third-order valence-corrected chi connectivity index (χ3v) is 2.03. The second-order valence-electron chi connectivity index (χ2n) is 3.44. The Kier molecular flexibility index (Phi) is 5.07. The van der Waals surface area contributed by atoms with E-state index in [1.54, 1.807) is 21.0 Å². The van der Waals surface area contributed by atoms with Crippen LogP contribution in [-0.2, 0) is 9.53 Å². The molecule has 0 aromatic heterocycles. The first kappa shape index (κ1) is 13.1. The summed E-state index contributed by atoms with van der Waals surface area (Å²) in [6.07, 6.45) is 1.42. The van der Waals surface area contributed by atoms with Crippen molar-refractivity contribution in [3.63, 3.8) is 0 Å². The van der Waals surface area contributed by atoms with Gasteiger partial charge in [0.15, 0.2) is 0 Å². The van der Waals surface area contributed by atoms with Crippen molar-refractivity contribution in [3.05, 3.63) is 36.0 Å². The Morgan fingerprint density at radius 1 is 1.47 bits per heavy atom. The lowest BCUT2D eigenvalue weighted by atomic mass is 10.3. The highest BCUT2D eigenvalue weighted by Gasteiger charge is 1.99. The zero-order valence-electron chi connectivity index (χ0n) is 10.3. The zero-order valence-corrected chi connectivity index (χ0v) is 10.3. The molecule has 0 aliphatic carbocycles. The third-order valence-electron chi connectivity index (χ3n) is 2.03. The summed E-state index contributed by atoms with van der Waals surface area (Å²) in [6.45, 7) is 3.95. The minimum Gasteiger partial charge on any atom is -0.497 e. The summed E-state index contributed by atoms with van der Waals surface area (Å²) in [5.74, 6) is 0.416. The van der Waals surface area contributed by atoms with Gasteiger partial charge in [-0.2, -0.15) is 0 Å². The summed E-state index contributed by atoms with van der Waals surface area (Å²) in [5.41, 5.74) is 1.58. The first-order valence-electron chi connectivity index (χ1n) is 5.42. The van der Waals surface area contributed by atoms with Gasteiger partial charge >= 0.3 is 5.97 Å². The zero-order chi connectivity index (χ0) is 12.7. The molecule has 0 heterocycles. The maximum atomic E-state index is 11.2. The Balaban J connectivity index is 2.66. The van der Waals surface area contributed by atoms with Crippen LogP contribution in [0, 0.1) is 0 Å². The molecule has 1 aromatic rings. The predicted octanol–water partition coefficient (Wildman–Crippen LogP) is 2.57. The Hall–Kier alpha value is -1.97. The normalized spacial score (nSPS) is 10.9. The molecule has 1 N–H and O–H groups in total. The van der Waals surface area contributed by atoms with E-state index in [0.717, 1.165) is 17.1 Å². The van der Waals surface area contributed by atoms with E-state index in [1.807, 2.05) is 24.3 Å². The lowest BCUT2D eigenvalue weighted by molar-refractivity contribution is -0.137. The second-order valence-corrected chi connectivity index (χ2v) is 3.44. The molecule has 0 unspecified atom stereocenters. The number of nitrogens with one attached hydrogen (secondary N) is 1. The number of rotatable bonds is 5. The number of allylic oxidation sites excluding steroid dienone is 1. The Morgan fingerprint density at radius 2 is 2.24 bits per heavy atom. The molecule has 0 fully saturated rings. The Labute approximate surface area is 101 Å². The maximum absolute atomic E-state index is 11.2. The van der Waals surface area contributed by atoms with Crippen molar-refractivity contribution in [2.75, 3.05) is 19.0 Å². The van der Waals surface area contributed by atoms with E-state index in [2.05, 4.69) is 5.32 Å². The average molecular weight is 235 g/mol. The number of esters is 1. The van der Waals surface area contributed by atoms with E-state index < -0.39 is 0 Å². The van der Waals surface area contributed by atoms with Crippen LogP contribution in [0.3, 0.4) is 0 Å². The van der Waals surface area contributed by atoms with Crippen LogP contribution in [0.15, 0.2) is 36.0 Å². The SMILES string of the molecule is CCOC(=O)/C=C(/C)Nc1cccc(OC)c1. The fourth-order valence-electron chi connectivity index (χ4n) is 1.33. The molecule has 4 nitrogen and oxygen atoms in total. The van der Waals surface area contributed by atoms with Gasteiger partial charge < -0.3 is 14.8 Å². The molecular weight excluding hydrogens is 218 g/mol. The summed E-state index contributed by atoms with van der Waals surface area (Å²) >= 11 is 0. The van der Waals surface area contributed by atoms with E-state index in [0.29, 0.717) is 6.61 Å². The van der Waals surface area contributed by atoms with Gasteiger partial charge in [0.1, 0.15) is 5.75 Å². The summed E-state index contributed by atoms with van der Waals surface area (Å²) in [6, 6.07) is 7.47. The van der Waals surface area contributed by atoms with Gasteiger partial charge in [-0.25, -0.2) is 4.79 Å². The first-order chi connectivity index (χ1) is 8.15. The molecule has 17 heavy (non-hydrogen) atoms. The van der Waals surface area contributed by atoms with Crippen molar-refractivity contribution in [2.24, 2.45) is 0 Å². The smallest absolute Gasteiger partial charge is 0.332 e. The van der Waals surface area contributed by atoms with Crippen LogP contribution in [0.1, 0.15) is 13.8 Å². The predicted molar refractivity (Wildman–Crippen MR) is 67.0 cm³/mol. The molecule has 4 heteroatoms. The molecule has 0 aliphatic rings. The maximum Gasteiger partial charge on any atom is 0.332 e. The summed E-state index contributed by atoms with van der Waals surface area (Å²) in [7, 11) is 1.61. The van der Waals surface area contributed by atoms with Crippen LogP contribution in [0.5, 0.6) is 5.75 Å². The number of anilines is 1. The number of ether oxygens (including phenoxy) is 2. The van der Waals surface area contributed by atoms with E-state index >= 15 is 0 Å². The van der Waals surface area contributed by atoms with Crippen LogP contribution >= 0.6 is 0 Å². The summed E-state index contributed by atoms with van der Waals surface area (Å²) in [4.78, 5) is 11.2. The lowest BCUT2D eigenvalue weighted by Gasteiger charge is -2.08. The molecular formula is C13H17NO3. The number of hydrogen-bond acceptors (Lipinski definition) is 4. The standard InChI is InChI=1S/C13H17NO3/c1-4-17-13(15)8-10(2)14-11-6-5-7-12(9-11)16-3/h5-9,14H,4H2,1-3H3/b10-8-. The molecule has 1 rings (SSSR count).